The molecular weight excluding hydrogens is 306 g/mol. The standard InChI is InChI=1S/C19H21NO4/c20-18(22)9-5-13-4-6-15-11-16(8-7-14(15)10-13)23-19-3-1-2-17(12-21)24-19/h4-11,17,19,21H,1-3,12H2,(H2,20,22)/b9-5+. The van der Waals surface area contributed by atoms with Crippen LogP contribution in [0.4, 0.5) is 0 Å². The summed E-state index contributed by atoms with van der Waals surface area (Å²) >= 11 is 0. The molecule has 1 amide bonds. The van der Waals surface area contributed by atoms with Crippen LogP contribution in [0.2, 0.25) is 0 Å². The summed E-state index contributed by atoms with van der Waals surface area (Å²) in [6.07, 6.45) is 5.27. The molecule has 5 heteroatoms. The number of aliphatic hydroxyl groups excluding tert-OH is 1. The van der Waals surface area contributed by atoms with Crippen molar-refractivity contribution in [3.8, 4) is 5.75 Å². The fraction of sp³-hybridized carbons (Fsp3) is 0.316. The summed E-state index contributed by atoms with van der Waals surface area (Å²) in [5.74, 6) is 0.277. The molecule has 3 rings (SSSR count). The number of hydrogen-bond donors (Lipinski definition) is 2. The lowest BCUT2D eigenvalue weighted by Crippen LogP contribution is -2.33. The molecule has 0 aliphatic carbocycles. The third-order valence-corrected chi connectivity index (χ3v) is 4.06. The van der Waals surface area contributed by atoms with Gasteiger partial charge >= 0.3 is 0 Å². The van der Waals surface area contributed by atoms with E-state index in [9.17, 15) is 9.90 Å². The maximum Gasteiger partial charge on any atom is 0.241 e. The van der Waals surface area contributed by atoms with Gasteiger partial charge in [-0.2, -0.15) is 0 Å². The number of carbonyl (C=O) groups is 1. The second kappa shape index (κ2) is 7.47. The van der Waals surface area contributed by atoms with Crippen LogP contribution in [0.3, 0.4) is 0 Å². The highest BCUT2D eigenvalue weighted by molar-refractivity contribution is 5.92. The van der Waals surface area contributed by atoms with Crippen LogP contribution < -0.4 is 10.5 Å². The smallest absolute Gasteiger partial charge is 0.241 e. The Bertz CT molecular complexity index is 756. The Labute approximate surface area is 140 Å². The summed E-state index contributed by atoms with van der Waals surface area (Å²) in [6, 6.07) is 11.7. The normalized spacial score (nSPS) is 21.2. The highest BCUT2D eigenvalue weighted by atomic mass is 16.7. The van der Waals surface area contributed by atoms with Crippen LogP contribution in [-0.4, -0.2) is 30.0 Å². The number of amides is 1. The molecule has 3 N–H and O–H groups in total. The van der Waals surface area contributed by atoms with Crippen molar-refractivity contribution >= 4 is 22.8 Å². The molecule has 1 heterocycles. The van der Waals surface area contributed by atoms with Crippen LogP contribution in [0, 0.1) is 0 Å². The van der Waals surface area contributed by atoms with Crippen LogP contribution in [0.1, 0.15) is 24.8 Å². The first kappa shape index (κ1) is 16.5. The summed E-state index contributed by atoms with van der Waals surface area (Å²) in [4.78, 5) is 10.8. The van der Waals surface area contributed by atoms with Gasteiger partial charge in [0.05, 0.1) is 12.7 Å². The van der Waals surface area contributed by atoms with E-state index in [1.54, 1.807) is 6.08 Å². The number of nitrogens with two attached hydrogens (primary N) is 1. The Kier molecular flexibility index (Phi) is 5.13. The van der Waals surface area contributed by atoms with Crippen molar-refractivity contribution in [1.82, 2.24) is 0 Å². The molecule has 0 spiro atoms. The largest absolute Gasteiger partial charge is 0.465 e. The fourth-order valence-electron chi connectivity index (χ4n) is 2.83. The highest BCUT2D eigenvalue weighted by Gasteiger charge is 2.23. The van der Waals surface area contributed by atoms with Crippen LogP contribution in [-0.2, 0) is 9.53 Å². The maximum atomic E-state index is 10.8. The molecule has 1 fully saturated rings. The van der Waals surface area contributed by atoms with E-state index in [-0.39, 0.29) is 19.0 Å². The van der Waals surface area contributed by atoms with Gasteiger partial charge in [0.1, 0.15) is 5.75 Å². The van der Waals surface area contributed by atoms with Crippen LogP contribution >= 0.6 is 0 Å². The average molecular weight is 327 g/mol. The maximum absolute atomic E-state index is 10.8. The molecule has 2 aromatic carbocycles. The average Bonchev–Trinajstić information content (AvgIpc) is 2.60. The number of benzene rings is 2. The number of aliphatic hydroxyl groups is 1. The molecule has 1 aliphatic heterocycles. The number of primary amides is 1. The molecule has 1 aliphatic rings. The molecule has 1 saturated heterocycles. The zero-order valence-electron chi connectivity index (χ0n) is 13.4. The minimum absolute atomic E-state index is 0.0270. The van der Waals surface area contributed by atoms with Gasteiger partial charge in [0.2, 0.25) is 5.91 Å². The number of hydrogen-bond acceptors (Lipinski definition) is 4. The quantitative estimate of drug-likeness (QED) is 0.827. The van der Waals surface area contributed by atoms with Crippen molar-refractivity contribution in [3.63, 3.8) is 0 Å². The SMILES string of the molecule is NC(=O)/C=C/c1ccc2cc(OC3CCCC(CO)O3)ccc2c1. The molecule has 24 heavy (non-hydrogen) atoms. The van der Waals surface area contributed by atoms with E-state index in [1.165, 1.54) is 6.08 Å². The summed E-state index contributed by atoms with van der Waals surface area (Å²) in [5.41, 5.74) is 6.03. The molecule has 2 unspecified atom stereocenters. The van der Waals surface area contributed by atoms with Crippen molar-refractivity contribution < 1.29 is 19.4 Å². The van der Waals surface area contributed by atoms with Crippen LogP contribution in [0.25, 0.3) is 16.8 Å². The predicted octanol–water partition coefficient (Wildman–Crippen LogP) is 2.60. The molecule has 5 nitrogen and oxygen atoms in total. The van der Waals surface area contributed by atoms with Gasteiger partial charge in [-0.25, -0.2) is 0 Å². The van der Waals surface area contributed by atoms with Gasteiger partial charge in [-0.05, 0) is 53.5 Å². The first-order valence-corrected chi connectivity index (χ1v) is 8.08. The van der Waals surface area contributed by atoms with Gasteiger partial charge < -0.3 is 20.3 Å². The molecular formula is C19H21NO4. The molecule has 0 bridgehead atoms. The second-order valence-electron chi connectivity index (χ2n) is 5.92. The first-order chi connectivity index (χ1) is 11.6. The molecule has 0 radical (unpaired) electrons. The van der Waals surface area contributed by atoms with Crippen molar-refractivity contribution in [2.24, 2.45) is 5.73 Å². The van der Waals surface area contributed by atoms with E-state index in [1.807, 2.05) is 36.4 Å². The number of fused-ring (bicyclic) bond motifs is 1. The van der Waals surface area contributed by atoms with Crippen molar-refractivity contribution in [2.75, 3.05) is 6.61 Å². The zero-order chi connectivity index (χ0) is 16.9. The molecule has 2 atom stereocenters. The third-order valence-electron chi connectivity index (χ3n) is 4.06. The van der Waals surface area contributed by atoms with Crippen molar-refractivity contribution in [3.05, 3.63) is 48.0 Å². The Balaban J connectivity index is 1.74. The van der Waals surface area contributed by atoms with E-state index < -0.39 is 5.91 Å². The highest BCUT2D eigenvalue weighted by Crippen LogP contribution is 2.26. The van der Waals surface area contributed by atoms with E-state index >= 15 is 0 Å². The molecule has 0 saturated carbocycles. The number of carbonyl (C=O) groups excluding carboxylic acids is 1. The predicted molar refractivity (Wildman–Crippen MR) is 92.4 cm³/mol. The van der Waals surface area contributed by atoms with Gasteiger partial charge in [-0.1, -0.05) is 18.2 Å². The summed E-state index contributed by atoms with van der Waals surface area (Å²) in [5, 5.41) is 11.3. The van der Waals surface area contributed by atoms with E-state index in [0.29, 0.717) is 0 Å². The summed E-state index contributed by atoms with van der Waals surface area (Å²) < 4.78 is 11.6. The summed E-state index contributed by atoms with van der Waals surface area (Å²) in [7, 11) is 0. The topological polar surface area (TPSA) is 81.8 Å². The summed E-state index contributed by atoms with van der Waals surface area (Å²) in [6.45, 7) is 0.0270. The Hall–Kier alpha value is -2.37. The van der Waals surface area contributed by atoms with Gasteiger partial charge in [-0.3, -0.25) is 4.79 Å². The van der Waals surface area contributed by atoms with E-state index in [2.05, 4.69) is 0 Å². The number of ether oxygens (including phenoxy) is 2. The van der Waals surface area contributed by atoms with Gasteiger partial charge in [0, 0.05) is 12.5 Å². The minimum atomic E-state index is -0.465. The Morgan fingerprint density at radius 3 is 2.83 bits per heavy atom. The molecule has 0 aromatic heterocycles. The van der Waals surface area contributed by atoms with Crippen LogP contribution in [0.5, 0.6) is 5.75 Å². The fourth-order valence-corrected chi connectivity index (χ4v) is 2.83. The van der Waals surface area contributed by atoms with Gasteiger partial charge in [0.15, 0.2) is 6.29 Å². The Morgan fingerprint density at radius 1 is 1.25 bits per heavy atom. The van der Waals surface area contributed by atoms with E-state index in [4.69, 9.17) is 15.2 Å². The second-order valence-corrected chi connectivity index (χ2v) is 5.92. The van der Waals surface area contributed by atoms with Crippen LogP contribution in [0.15, 0.2) is 42.5 Å². The third kappa shape index (κ3) is 4.13. The van der Waals surface area contributed by atoms with Crippen molar-refractivity contribution in [1.29, 1.82) is 0 Å². The lowest BCUT2D eigenvalue weighted by Gasteiger charge is -2.29. The first-order valence-electron chi connectivity index (χ1n) is 8.08. The Morgan fingerprint density at radius 2 is 2.04 bits per heavy atom. The lowest BCUT2D eigenvalue weighted by molar-refractivity contribution is -0.157. The van der Waals surface area contributed by atoms with Gasteiger partial charge in [-0.15, -0.1) is 0 Å². The molecule has 2 aromatic rings. The van der Waals surface area contributed by atoms with Gasteiger partial charge in [0.25, 0.3) is 0 Å². The van der Waals surface area contributed by atoms with Crippen molar-refractivity contribution in [2.45, 2.75) is 31.7 Å². The zero-order valence-corrected chi connectivity index (χ0v) is 13.4. The monoisotopic (exact) mass is 327 g/mol. The minimum Gasteiger partial charge on any atom is -0.465 e. The molecule has 126 valence electrons. The number of rotatable bonds is 5. The lowest BCUT2D eigenvalue weighted by atomic mass is 10.1. The van der Waals surface area contributed by atoms with E-state index in [0.717, 1.165) is 41.3 Å².